The molecule has 114 valence electrons. The van der Waals surface area contributed by atoms with Crippen LogP contribution in [0.15, 0.2) is 18.3 Å². The molecule has 0 radical (unpaired) electrons. The molecule has 0 saturated heterocycles. The van der Waals surface area contributed by atoms with Gasteiger partial charge in [0.25, 0.3) is 0 Å². The standard InChI is InChI=1S/C14H14Cl2N6/c1-14(2,3)13-17-6-9-12(19-13)22(21-20-9)7-10-8(15)4-5-11(16)18-10/h4-6H,7H2,1-3H3. The van der Waals surface area contributed by atoms with Gasteiger partial charge in [-0.2, -0.15) is 0 Å². The summed E-state index contributed by atoms with van der Waals surface area (Å²) >= 11 is 12.1. The Labute approximate surface area is 137 Å². The Morgan fingerprint density at radius 3 is 2.64 bits per heavy atom. The maximum atomic E-state index is 6.15. The maximum Gasteiger partial charge on any atom is 0.182 e. The van der Waals surface area contributed by atoms with Crippen molar-refractivity contribution in [3.8, 4) is 0 Å². The zero-order valence-electron chi connectivity index (χ0n) is 12.4. The highest BCUT2D eigenvalue weighted by Gasteiger charge is 2.19. The zero-order chi connectivity index (χ0) is 15.9. The van der Waals surface area contributed by atoms with Gasteiger partial charge in [0.05, 0.1) is 23.5 Å². The fourth-order valence-electron chi connectivity index (χ4n) is 1.95. The lowest BCUT2D eigenvalue weighted by atomic mass is 9.96. The van der Waals surface area contributed by atoms with Crippen LogP contribution < -0.4 is 0 Å². The molecule has 0 saturated carbocycles. The highest BCUT2D eigenvalue weighted by Crippen LogP contribution is 2.21. The fraction of sp³-hybridized carbons (Fsp3) is 0.357. The second kappa shape index (κ2) is 5.44. The molecule has 8 heteroatoms. The van der Waals surface area contributed by atoms with E-state index in [1.807, 2.05) is 0 Å². The minimum absolute atomic E-state index is 0.157. The average Bonchev–Trinajstić information content (AvgIpc) is 2.84. The van der Waals surface area contributed by atoms with Gasteiger partial charge in [-0.25, -0.2) is 19.6 Å². The van der Waals surface area contributed by atoms with E-state index in [-0.39, 0.29) is 5.41 Å². The van der Waals surface area contributed by atoms with Gasteiger partial charge in [-0.05, 0) is 12.1 Å². The topological polar surface area (TPSA) is 69.4 Å². The van der Waals surface area contributed by atoms with E-state index in [0.29, 0.717) is 33.6 Å². The number of fused-ring (bicyclic) bond motifs is 1. The normalized spacial score (nSPS) is 12.0. The largest absolute Gasteiger partial charge is 0.238 e. The number of hydrogen-bond acceptors (Lipinski definition) is 5. The van der Waals surface area contributed by atoms with E-state index in [4.69, 9.17) is 23.2 Å². The molecule has 6 nitrogen and oxygen atoms in total. The summed E-state index contributed by atoms with van der Waals surface area (Å²) in [6.07, 6.45) is 1.68. The van der Waals surface area contributed by atoms with E-state index in [0.717, 1.165) is 5.82 Å². The van der Waals surface area contributed by atoms with Crippen LogP contribution in [-0.2, 0) is 12.0 Å². The van der Waals surface area contributed by atoms with Crippen molar-refractivity contribution in [2.45, 2.75) is 32.7 Å². The van der Waals surface area contributed by atoms with Gasteiger partial charge in [-0.3, -0.25) is 0 Å². The van der Waals surface area contributed by atoms with Gasteiger partial charge < -0.3 is 0 Å². The molecule has 0 aliphatic carbocycles. The first-order valence-corrected chi connectivity index (χ1v) is 7.48. The quantitative estimate of drug-likeness (QED) is 0.671. The van der Waals surface area contributed by atoms with E-state index >= 15 is 0 Å². The highest BCUT2D eigenvalue weighted by molar-refractivity contribution is 6.32. The Hall–Kier alpha value is -1.79. The van der Waals surface area contributed by atoms with E-state index in [1.165, 1.54) is 0 Å². The predicted molar refractivity (Wildman–Crippen MR) is 85.2 cm³/mol. The summed E-state index contributed by atoms with van der Waals surface area (Å²) in [6, 6.07) is 3.35. The first-order chi connectivity index (χ1) is 10.3. The molecule has 3 aromatic rings. The van der Waals surface area contributed by atoms with Crippen LogP contribution >= 0.6 is 23.2 Å². The molecule has 3 heterocycles. The monoisotopic (exact) mass is 336 g/mol. The number of rotatable bonds is 2. The van der Waals surface area contributed by atoms with Crippen molar-refractivity contribution in [2.24, 2.45) is 0 Å². The molecule has 3 rings (SSSR count). The number of nitrogens with zero attached hydrogens (tertiary/aromatic N) is 6. The van der Waals surface area contributed by atoms with E-state index in [2.05, 4.69) is 46.0 Å². The van der Waals surface area contributed by atoms with Gasteiger partial charge >= 0.3 is 0 Å². The third-order valence-corrected chi connectivity index (χ3v) is 3.66. The molecule has 0 N–H and O–H groups in total. The van der Waals surface area contributed by atoms with Crippen LogP contribution in [0, 0.1) is 0 Å². The maximum absolute atomic E-state index is 6.15. The Morgan fingerprint density at radius 2 is 1.91 bits per heavy atom. The van der Waals surface area contributed by atoms with Crippen LogP contribution in [0.3, 0.4) is 0 Å². The molecule has 22 heavy (non-hydrogen) atoms. The van der Waals surface area contributed by atoms with Crippen molar-refractivity contribution in [3.63, 3.8) is 0 Å². The van der Waals surface area contributed by atoms with Crippen molar-refractivity contribution in [3.05, 3.63) is 40.0 Å². The Morgan fingerprint density at radius 1 is 1.14 bits per heavy atom. The Kier molecular flexibility index (Phi) is 3.74. The van der Waals surface area contributed by atoms with E-state index in [9.17, 15) is 0 Å². The summed E-state index contributed by atoms with van der Waals surface area (Å²) in [5.74, 6) is 0.730. The molecule has 0 fully saturated rings. The number of pyridine rings is 1. The predicted octanol–water partition coefficient (Wildman–Crippen LogP) is 3.27. The lowest BCUT2D eigenvalue weighted by Crippen LogP contribution is -2.16. The number of hydrogen-bond donors (Lipinski definition) is 0. The Bertz CT molecular complexity index is 837. The zero-order valence-corrected chi connectivity index (χ0v) is 13.9. The summed E-state index contributed by atoms with van der Waals surface area (Å²) in [5, 5.41) is 9.09. The molecule has 3 aromatic heterocycles. The minimum Gasteiger partial charge on any atom is -0.238 e. The summed E-state index contributed by atoms with van der Waals surface area (Å²) in [7, 11) is 0. The summed E-state index contributed by atoms with van der Waals surface area (Å²) in [5.41, 5.74) is 1.75. The van der Waals surface area contributed by atoms with E-state index in [1.54, 1.807) is 23.0 Å². The number of aromatic nitrogens is 6. The summed E-state index contributed by atoms with van der Waals surface area (Å²) in [4.78, 5) is 13.1. The van der Waals surface area contributed by atoms with Crippen LogP contribution in [0.1, 0.15) is 32.3 Å². The summed E-state index contributed by atoms with van der Waals surface area (Å²) in [6.45, 7) is 6.50. The molecule has 0 spiro atoms. The molecule has 0 unspecified atom stereocenters. The molecule has 0 amide bonds. The SMILES string of the molecule is CC(C)(C)c1ncc2nnn(Cc3nc(Cl)ccc3Cl)c2n1. The van der Waals surface area contributed by atoms with Crippen LogP contribution in [0.4, 0.5) is 0 Å². The molecule has 0 bridgehead atoms. The molecule has 0 aliphatic rings. The molecular weight excluding hydrogens is 323 g/mol. The van der Waals surface area contributed by atoms with Crippen molar-refractivity contribution < 1.29 is 0 Å². The highest BCUT2D eigenvalue weighted by atomic mass is 35.5. The Balaban J connectivity index is 2.05. The van der Waals surface area contributed by atoms with E-state index < -0.39 is 0 Å². The van der Waals surface area contributed by atoms with Crippen LogP contribution in [0.2, 0.25) is 10.2 Å². The first kappa shape index (κ1) is 15.1. The van der Waals surface area contributed by atoms with Gasteiger partial charge in [-0.1, -0.05) is 49.2 Å². The van der Waals surface area contributed by atoms with Crippen molar-refractivity contribution in [2.75, 3.05) is 0 Å². The molecule has 0 aliphatic heterocycles. The number of halogens is 2. The van der Waals surface area contributed by atoms with Crippen molar-refractivity contribution in [1.29, 1.82) is 0 Å². The van der Waals surface area contributed by atoms with Crippen LogP contribution in [0.25, 0.3) is 11.2 Å². The molecular formula is C14H14Cl2N6. The van der Waals surface area contributed by atoms with Gasteiger partial charge in [0.15, 0.2) is 11.2 Å². The van der Waals surface area contributed by atoms with Crippen molar-refractivity contribution >= 4 is 34.4 Å². The first-order valence-electron chi connectivity index (χ1n) is 6.72. The third kappa shape index (κ3) is 2.89. The smallest absolute Gasteiger partial charge is 0.182 e. The average molecular weight is 337 g/mol. The minimum atomic E-state index is -0.157. The van der Waals surface area contributed by atoms with Crippen LogP contribution in [0.5, 0.6) is 0 Å². The lowest BCUT2D eigenvalue weighted by Gasteiger charge is -2.15. The fourth-order valence-corrected chi connectivity index (χ4v) is 2.28. The molecule has 0 atom stereocenters. The second-order valence-corrected chi connectivity index (χ2v) is 6.76. The lowest BCUT2D eigenvalue weighted by molar-refractivity contribution is 0.545. The molecule has 0 aromatic carbocycles. The second-order valence-electron chi connectivity index (χ2n) is 5.96. The van der Waals surface area contributed by atoms with Gasteiger partial charge in [0.2, 0.25) is 0 Å². The van der Waals surface area contributed by atoms with Gasteiger partial charge in [0.1, 0.15) is 11.0 Å². The third-order valence-electron chi connectivity index (χ3n) is 3.11. The van der Waals surface area contributed by atoms with Gasteiger partial charge in [0, 0.05) is 5.41 Å². The van der Waals surface area contributed by atoms with Crippen molar-refractivity contribution in [1.82, 2.24) is 29.9 Å². The summed E-state index contributed by atoms with van der Waals surface area (Å²) < 4.78 is 1.65. The van der Waals surface area contributed by atoms with Gasteiger partial charge in [-0.15, -0.1) is 5.10 Å². The van der Waals surface area contributed by atoms with Crippen LogP contribution in [-0.4, -0.2) is 29.9 Å².